The molecular formula is C14H28Cl2N2O7. The van der Waals surface area contributed by atoms with E-state index in [1.54, 1.807) is 21.0 Å². The Morgan fingerprint density at radius 1 is 0.920 bits per heavy atom. The lowest BCUT2D eigenvalue weighted by Gasteiger charge is -2.57. The molecule has 2 aliphatic heterocycles. The van der Waals surface area contributed by atoms with Gasteiger partial charge in [-0.25, -0.2) is 0 Å². The largest absolute Gasteiger partial charge is 0.390 e. The van der Waals surface area contributed by atoms with Crippen molar-refractivity contribution in [1.82, 2.24) is 10.6 Å². The quantitative estimate of drug-likeness (QED) is 0.299. The molecule has 0 bridgehead atoms. The maximum Gasteiger partial charge on any atom is 0.245 e. The highest BCUT2D eigenvalue weighted by Gasteiger charge is 2.63. The van der Waals surface area contributed by atoms with E-state index in [-0.39, 0.29) is 37.3 Å². The fraction of sp³-hybridized carbons (Fsp3) is 1.00. The monoisotopic (exact) mass is 406 g/mol. The first-order valence-electron chi connectivity index (χ1n) is 7.93. The second-order valence-corrected chi connectivity index (χ2v) is 6.58. The van der Waals surface area contributed by atoms with Crippen molar-refractivity contribution in [2.24, 2.45) is 0 Å². The number of aliphatic hydroxyl groups excluding tert-OH is 3. The highest BCUT2D eigenvalue weighted by Crippen LogP contribution is 2.41. The van der Waals surface area contributed by atoms with E-state index in [0.29, 0.717) is 0 Å². The number of ether oxygens (including phenoxy) is 3. The van der Waals surface area contributed by atoms with Crippen LogP contribution in [0, 0.1) is 0 Å². The van der Waals surface area contributed by atoms with Gasteiger partial charge >= 0.3 is 0 Å². The van der Waals surface area contributed by atoms with Gasteiger partial charge in [0.1, 0.15) is 24.4 Å². The molecule has 150 valence electrons. The molecule has 3 aliphatic rings. The molecule has 9 nitrogen and oxygen atoms in total. The smallest absolute Gasteiger partial charge is 0.245 e. The highest BCUT2D eigenvalue weighted by molar-refractivity contribution is 5.85. The third-order valence-corrected chi connectivity index (χ3v) is 5.12. The Balaban J connectivity index is 0.00000156. The van der Waals surface area contributed by atoms with Crippen LogP contribution in [0.25, 0.3) is 0 Å². The molecule has 6 N–H and O–H groups in total. The summed E-state index contributed by atoms with van der Waals surface area (Å²) in [5.41, 5.74) is 0. The van der Waals surface area contributed by atoms with Crippen LogP contribution in [0.2, 0.25) is 0 Å². The SMILES string of the molecule is CN[C@@H]1[C@H](O)[C@H](NC)[C@H]2O[C@]3(O)[C@H](O[C@@H]2[C@H]1O)O[C@H](C)C[C@H]3O.Cl.Cl. The molecule has 1 saturated carbocycles. The Morgan fingerprint density at radius 3 is 2.08 bits per heavy atom. The van der Waals surface area contributed by atoms with Crippen LogP contribution < -0.4 is 10.6 Å². The topological polar surface area (TPSA) is 133 Å². The molecule has 0 aromatic carbocycles. The first-order chi connectivity index (χ1) is 10.8. The van der Waals surface area contributed by atoms with Crippen LogP contribution in [0.3, 0.4) is 0 Å². The molecule has 2 heterocycles. The zero-order chi connectivity index (χ0) is 16.9. The number of hydrogen-bond donors (Lipinski definition) is 6. The Hall–Kier alpha value is 0.220. The van der Waals surface area contributed by atoms with Crippen molar-refractivity contribution in [3.05, 3.63) is 0 Å². The average molecular weight is 407 g/mol. The van der Waals surface area contributed by atoms with E-state index >= 15 is 0 Å². The molecule has 0 amide bonds. The predicted octanol–water partition coefficient (Wildman–Crippen LogP) is -2.29. The summed E-state index contributed by atoms with van der Waals surface area (Å²) in [6.45, 7) is 1.76. The standard InChI is InChI=1S/C14H26N2O7.2ClH/c1-5-4-6(17)14(20)13(21-5)22-12-10(19)7(15-2)9(18)8(16-3)11(12)23-14;;/h5-13,15-20H,4H2,1-3H3;2*1H/t5-,6-,7-,8+,9+,10+,11-,12-,13+,14+;;/m1../s1. The average Bonchev–Trinajstić information content (AvgIpc) is 2.49. The van der Waals surface area contributed by atoms with Crippen LogP contribution in [0.4, 0.5) is 0 Å². The molecule has 0 radical (unpaired) electrons. The normalized spacial score (nSPS) is 52.2. The summed E-state index contributed by atoms with van der Waals surface area (Å²) in [5, 5.41) is 47.7. The van der Waals surface area contributed by atoms with Crippen LogP contribution in [-0.4, -0.2) is 95.3 Å². The third kappa shape index (κ3) is 3.65. The minimum Gasteiger partial charge on any atom is -0.390 e. The molecule has 25 heavy (non-hydrogen) atoms. The van der Waals surface area contributed by atoms with Gasteiger partial charge in [-0.3, -0.25) is 0 Å². The highest BCUT2D eigenvalue weighted by atomic mass is 35.5. The lowest BCUT2D eigenvalue weighted by Crippen LogP contribution is -2.78. The molecule has 10 atom stereocenters. The fourth-order valence-corrected chi connectivity index (χ4v) is 3.83. The third-order valence-electron chi connectivity index (χ3n) is 5.12. The molecular weight excluding hydrogens is 379 g/mol. The molecule has 1 aliphatic carbocycles. The maximum absolute atomic E-state index is 10.7. The van der Waals surface area contributed by atoms with E-state index in [4.69, 9.17) is 14.2 Å². The second kappa shape index (κ2) is 8.49. The molecule has 2 saturated heterocycles. The van der Waals surface area contributed by atoms with Crippen molar-refractivity contribution in [1.29, 1.82) is 0 Å². The van der Waals surface area contributed by atoms with Gasteiger partial charge in [-0.2, -0.15) is 0 Å². The van der Waals surface area contributed by atoms with Gasteiger partial charge < -0.3 is 45.3 Å². The van der Waals surface area contributed by atoms with Gasteiger partial charge in [0, 0.05) is 6.42 Å². The van der Waals surface area contributed by atoms with E-state index in [1.165, 1.54) is 0 Å². The van der Waals surface area contributed by atoms with Crippen LogP contribution in [-0.2, 0) is 14.2 Å². The summed E-state index contributed by atoms with van der Waals surface area (Å²) in [7, 11) is 3.28. The van der Waals surface area contributed by atoms with E-state index in [0.717, 1.165) is 0 Å². The van der Waals surface area contributed by atoms with E-state index < -0.39 is 54.7 Å². The summed E-state index contributed by atoms with van der Waals surface area (Å²) in [6, 6.07) is -1.23. The van der Waals surface area contributed by atoms with Gasteiger partial charge in [0.05, 0.1) is 24.3 Å². The van der Waals surface area contributed by atoms with Crippen molar-refractivity contribution in [2.45, 2.75) is 74.1 Å². The number of rotatable bonds is 2. The Bertz CT molecular complexity index is 451. The van der Waals surface area contributed by atoms with Crippen molar-refractivity contribution >= 4 is 24.8 Å². The Morgan fingerprint density at radius 2 is 1.52 bits per heavy atom. The zero-order valence-electron chi connectivity index (χ0n) is 14.2. The van der Waals surface area contributed by atoms with E-state index in [9.17, 15) is 20.4 Å². The number of aliphatic hydroxyl groups is 4. The summed E-state index contributed by atoms with van der Waals surface area (Å²) in [5.74, 6) is -2.03. The number of halogens is 2. The lowest BCUT2D eigenvalue weighted by molar-refractivity contribution is -0.462. The van der Waals surface area contributed by atoms with E-state index in [2.05, 4.69) is 10.6 Å². The summed E-state index contributed by atoms with van der Waals surface area (Å²) in [4.78, 5) is 0. The molecule has 3 rings (SSSR count). The number of hydrogen-bond acceptors (Lipinski definition) is 9. The summed E-state index contributed by atoms with van der Waals surface area (Å²) < 4.78 is 17.0. The van der Waals surface area contributed by atoms with Gasteiger partial charge in [0.2, 0.25) is 12.1 Å². The first kappa shape index (κ1) is 23.3. The molecule has 0 aromatic heterocycles. The van der Waals surface area contributed by atoms with Crippen molar-refractivity contribution < 1.29 is 34.6 Å². The van der Waals surface area contributed by atoms with Gasteiger partial charge in [-0.1, -0.05) is 0 Å². The lowest BCUT2D eigenvalue weighted by atomic mass is 9.80. The summed E-state index contributed by atoms with van der Waals surface area (Å²) in [6.07, 6.45) is -6.21. The second-order valence-electron chi connectivity index (χ2n) is 6.58. The van der Waals surface area contributed by atoms with Crippen LogP contribution in [0.1, 0.15) is 13.3 Å². The van der Waals surface area contributed by atoms with E-state index in [1.807, 2.05) is 0 Å². The van der Waals surface area contributed by atoms with Crippen molar-refractivity contribution in [3.63, 3.8) is 0 Å². The molecule has 0 unspecified atom stereocenters. The van der Waals surface area contributed by atoms with Gasteiger partial charge in [0.15, 0.2) is 0 Å². The number of nitrogens with one attached hydrogen (secondary N) is 2. The van der Waals surface area contributed by atoms with Crippen LogP contribution >= 0.6 is 24.8 Å². The molecule has 0 aromatic rings. The Labute approximate surface area is 158 Å². The zero-order valence-corrected chi connectivity index (χ0v) is 15.9. The van der Waals surface area contributed by atoms with Crippen LogP contribution in [0.15, 0.2) is 0 Å². The summed E-state index contributed by atoms with van der Waals surface area (Å²) >= 11 is 0. The van der Waals surface area contributed by atoms with Crippen molar-refractivity contribution in [3.8, 4) is 0 Å². The minimum absolute atomic E-state index is 0. The molecule has 3 fully saturated rings. The predicted molar refractivity (Wildman–Crippen MR) is 91.9 cm³/mol. The first-order valence-corrected chi connectivity index (χ1v) is 7.93. The minimum atomic E-state index is -2.03. The van der Waals surface area contributed by atoms with Gasteiger partial charge in [0.25, 0.3) is 0 Å². The van der Waals surface area contributed by atoms with Gasteiger partial charge in [-0.15, -0.1) is 24.8 Å². The van der Waals surface area contributed by atoms with Crippen molar-refractivity contribution in [2.75, 3.05) is 14.1 Å². The Kier molecular flexibility index (Phi) is 7.90. The van der Waals surface area contributed by atoms with Crippen LogP contribution in [0.5, 0.6) is 0 Å². The number of fused-ring (bicyclic) bond motifs is 2. The number of likely N-dealkylation sites (N-methyl/N-ethyl adjacent to an activating group) is 2. The fourth-order valence-electron chi connectivity index (χ4n) is 3.83. The maximum atomic E-state index is 10.7. The van der Waals surface area contributed by atoms with Gasteiger partial charge in [-0.05, 0) is 21.0 Å². The molecule has 11 heteroatoms. The molecule has 0 spiro atoms.